The summed E-state index contributed by atoms with van der Waals surface area (Å²) in [5, 5.41) is 2.84. The number of benzene rings is 2. The van der Waals surface area contributed by atoms with Crippen LogP contribution in [0.25, 0.3) is 22.6 Å². The number of carbonyl (C=O) groups excluding carboxylic acids is 1. The van der Waals surface area contributed by atoms with Crippen molar-refractivity contribution in [3.05, 3.63) is 71.9 Å². The van der Waals surface area contributed by atoms with Gasteiger partial charge in [-0.15, -0.1) is 0 Å². The molecule has 1 N–H and O–H groups in total. The lowest BCUT2D eigenvalue weighted by atomic mass is 10.2. The Morgan fingerprint density at radius 3 is 2.82 bits per heavy atom. The molecule has 4 rings (SSSR count). The number of oxazole rings is 2. The Morgan fingerprint density at radius 1 is 1.14 bits per heavy atom. The molecule has 0 unspecified atom stereocenters. The Morgan fingerprint density at radius 2 is 2.00 bits per heavy atom. The van der Waals surface area contributed by atoms with Crippen molar-refractivity contribution >= 4 is 17.0 Å². The van der Waals surface area contributed by atoms with E-state index in [2.05, 4.69) is 15.3 Å². The van der Waals surface area contributed by atoms with Gasteiger partial charge in [0.1, 0.15) is 11.8 Å². The largest absolute Gasteiger partial charge is 0.444 e. The molecule has 0 saturated carbocycles. The van der Waals surface area contributed by atoms with E-state index < -0.39 is 0 Å². The van der Waals surface area contributed by atoms with Crippen LogP contribution in [0.4, 0.5) is 0 Å². The summed E-state index contributed by atoms with van der Waals surface area (Å²) >= 11 is 0. The summed E-state index contributed by atoms with van der Waals surface area (Å²) in [7, 11) is 1.63. The second kappa shape index (κ2) is 8.06. The highest BCUT2D eigenvalue weighted by molar-refractivity contribution is 5.96. The highest BCUT2D eigenvalue weighted by Gasteiger charge is 2.12. The molecule has 0 aliphatic heterocycles. The number of ether oxygens (including phenoxy) is 1. The van der Waals surface area contributed by atoms with E-state index in [1.807, 2.05) is 30.3 Å². The smallest absolute Gasteiger partial charge is 0.251 e. The van der Waals surface area contributed by atoms with Gasteiger partial charge in [0.2, 0.25) is 5.89 Å². The average molecular weight is 377 g/mol. The molecule has 0 radical (unpaired) electrons. The highest BCUT2D eigenvalue weighted by Crippen LogP contribution is 2.19. The third kappa shape index (κ3) is 3.94. The summed E-state index contributed by atoms with van der Waals surface area (Å²) in [6, 6.07) is 14.8. The Kier molecular flexibility index (Phi) is 5.16. The molecule has 0 saturated heterocycles. The predicted molar refractivity (Wildman–Crippen MR) is 103 cm³/mol. The maximum atomic E-state index is 12.5. The van der Waals surface area contributed by atoms with Crippen molar-refractivity contribution in [2.45, 2.75) is 13.0 Å². The normalized spacial score (nSPS) is 11.0. The van der Waals surface area contributed by atoms with E-state index in [0.717, 1.165) is 5.56 Å². The zero-order chi connectivity index (χ0) is 19.3. The molecule has 0 aliphatic rings. The Hall–Kier alpha value is -3.45. The van der Waals surface area contributed by atoms with Gasteiger partial charge in [-0.3, -0.25) is 4.79 Å². The lowest BCUT2D eigenvalue weighted by molar-refractivity contribution is 0.0950. The van der Waals surface area contributed by atoms with E-state index in [-0.39, 0.29) is 12.5 Å². The first-order chi connectivity index (χ1) is 13.7. The molecule has 0 fully saturated rings. The van der Waals surface area contributed by atoms with Gasteiger partial charge in [0.15, 0.2) is 11.5 Å². The summed E-state index contributed by atoms with van der Waals surface area (Å²) < 4.78 is 16.2. The number of amides is 1. The summed E-state index contributed by atoms with van der Waals surface area (Å²) in [5.74, 6) is 0.892. The number of rotatable bonds is 7. The van der Waals surface area contributed by atoms with Gasteiger partial charge < -0.3 is 18.9 Å². The summed E-state index contributed by atoms with van der Waals surface area (Å²) in [4.78, 5) is 21.2. The third-order valence-electron chi connectivity index (χ3n) is 4.22. The van der Waals surface area contributed by atoms with Crippen molar-refractivity contribution in [1.29, 1.82) is 0 Å². The second-order valence-corrected chi connectivity index (χ2v) is 6.23. The molecular weight excluding hydrogens is 358 g/mol. The Bertz CT molecular complexity index is 1090. The third-order valence-corrected chi connectivity index (χ3v) is 4.22. The standard InChI is InChI=1S/C21H19N3O4/c1-26-10-9-19-24-17-8-7-15(11-18(17)28-19)20(25)22-12-16-13-27-21(23-16)14-5-3-2-4-6-14/h2-8,11,13H,9-10,12H2,1H3,(H,22,25). The van der Waals surface area contributed by atoms with Crippen molar-refractivity contribution in [2.24, 2.45) is 0 Å². The van der Waals surface area contributed by atoms with Gasteiger partial charge in [-0.05, 0) is 30.3 Å². The summed E-state index contributed by atoms with van der Waals surface area (Å²) in [5.41, 5.74) is 3.32. The van der Waals surface area contributed by atoms with Crippen LogP contribution in [-0.2, 0) is 17.7 Å². The number of hydrogen-bond donors (Lipinski definition) is 1. The number of hydrogen-bond acceptors (Lipinski definition) is 6. The van der Waals surface area contributed by atoms with E-state index in [1.165, 1.54) is 0 Å². The zero-order valence-corrected chi connectivity index (χ0v) is 15.3. The van der Waals surface area contributed by atoms with Crippen LogP contribution in [0.15, 0.2) is 63.6 Å². The first kappa shape index (κ1) is 17.9. The lowest BCUT2D eigenvalue weighted by Crippen LogP contribution is -2.22. The maximum absolute atomic E-state index is 12.5. The van der Waals surface area contributed by atoms with E-state index in [4.69, 9.17) is 13.6 Å². The molecule has 0 atom stereocenters. The number of fused-ring (bicyclic) bond motifs is 1. The minimum atomic E-state index is -0.221. The molecule has 0 aliphatic carbocycles. The van der Waals surface area contributed by atoms with Crippen LogP contribution in [0, 0.1) is 0 Å². The van der Waals surface area contributed by atoms with Crippen molar-refractivity contribution in [3.8, 4) is 11.5 Å². The first-order valence-electron chi connectivity index (χ1n) is 8.89. The molecule has 0 spiro atoms. The van der Waals surface area contributed by atoms with Gasteiger partial charge in [-0.2, -0.15) is 0 Å². The van der Waals surface area contributed by atoms with Gasteiger partial charge in [0, 0.05) is 24.7 Å². The SMILES string of the molecule is COCCc1nc2ccc(C(=O)NCc3coc(-c4ccccc4)n3)cc2o1. The van der Waals surface area contributed by atoms with Crippen LogP contribution < -0.4 is 5.32 Å². The number of aromatic nitrogens is 2. The number of carbonyl (C=O) groups is 1. The van der Waals surface area contributed by atoms with Crippen LogP contribution in [0.5, 0.6) is 0 Å². The number of nitrogens with zero attached hydrogens (tertiary/aromatic N) is 2. The van der Waals surface area contributed by atoms with Gasteiger partial charge in [0.05, 0.1) is 18.8 Å². The van der Waals surface area contributed by atoms with Gasteiger partial charge in [-0.25, -0.2) is 9.97 Å². The van der Waals surface area contributed by atoms with Crippen molar-refractivity contribution in [3.63, 3.8) is 0 Å². The zero-order valence-electron chi connectivity index (χ0n) is 15.3. The molecule has 0 bridgehead atoms. The van der Waals surface area contributed by atoms with E-state index in [0.29, 0.717) is 47.2 Å². The van der Waals surface area contributed by atoms with E-state index in [1.54, 1.807) is 31.6 Å². The lowest BCUT2D eigenvalue weighted by Gasteiger charge is -2.02. The van der Waals surface area contributed by atoms with Crippen molar-refractivity contribution < 1.29 is 18.4 Å². The highest BCUT2D eigenvalue weighted by atomic mass is 16.5. The van der Waals surface area contributed by atoms with E-state index >= 15 is 0 Å². The fraction of sp³-hybridized carbons (Fsp3) is 0.190. The fourth-order valence-electron chi connectivity index (χ4n) is 2.78. The molecule has 4 aromatic rings. The van der Waals surface area contributed by atoms with Crippen LogP contribution in [0.3, 0.4) is 0 Å². The minimum Gasteiger partial charge on any atom is -0.444 e. The molecular formula is C21H19N3O4. The van der Waals surface area contributed by atoms with Gasteiger partial charge in [0.25, 0.3) is 5.91 Å². The maximum Gasteiger partial charge on any atom is 0.251 e. The summed E-state index contributed by atoms with van der Waals surface area (Å²) in [6.45, 7) is 0.797. The molecule has 7 nitrogen and oxygen atoms in total. The Balaban J connectivity index is 1.41. The predicted octanol–water partition coefficient (Wildman–Crippen LogP) is 3.60. The van der Waals surface area contributed by atoms with Crippen LogP contribution in [0.2, 0.25) is 0 Å². The van der Waals surface area contributed by atoms with Gasteiger partial charge >= 0.3 is 0 Å². The molecule has 2 heterocycles. The monoisotopic (exact) mass is 377 g/mol. The van der Waals surface area contributed by atoms with E-state index in [9.17, 15) is 4.79 Å². The van der Waals surface area contributed by atoms with Crippen molar-refractivity contribution in [2.75, 3.05) is 13.7 Å². The quantitative estimate of drug-likeness (QED) is 0.529. The number of nitrogens with one attached hydrogen (secondary N) is 1. The topological polar surface area (TPSA) is 90.4 Å². The molecule has 1 amide bonds. The fourth-order valence-corrected chi connectivity index (χ4v) is 2.78. The Labute approximate surface area is 161 Å². The average Bonchev–Trinajstić information content (AvgIpc) is 3.37. The molecule has 142 valence electrons. The first-order valence-corrected chi connectivity index (χ1v) is 8.89. The van der Waals surface area contributed by atoms with Crippen LogP contribution in [-0.4, -0.2) is 29.6 Å². The van der Waals surface area contributed by atoms with Crippen LogP contribution in [0.1, 0.15) is 21.9 Å². The molecule has 2 aromatic heterocycles. The molecule has 28 heavy (non-hydrogen) atoms. The molecule has 7 heteroatoms. The minimum absolute atomic E-state index is 0.221. The second-order valence-electron chi connectivity index (χ2n) is 6.23. The molecule has 2 aromatic carbocycles. The van der Waals surface area contributed by atoms with Crippen molar-refractivity contribution in [1.82, 2.24) is 15.3 Å². The number of methoxy groups -OCH3 is 1. The van der Waals surface area contributed by atoms with Crippen LogP contribution >= 0.6 is 0 Å². The summed E-state index contributed by atoms with van der Waals surface area (Å²) in [6.07, 6.45) is 2.13. The van der Waals surface area contributed by atoms with Gasteiger partial charge in [-0.1, -0.05) is 18.2 Å².